The number of amides is 2. The molecule has 0 saturated heterocycles. The Morgan fingerprint density at radius 2 is 2.15 bits per heavy atom. The average molecular weight is 295 g/mol. The molecule has 1 aromatic rings. The van der Waals surface area contributed by atoms with Crippen LogP contribution in [-0.2, 0) is 4.79 Å². The lowest BCUT2D eigenvalue weighted by molar-refractivity contribution is -0.137. The minimum absolute atomic E-state index is 0.0187. The first-order chi connectivity index (χ1) is 9.63. The van der Waals surface area contributed by atoms with Crippen molar-refractivity contribution in [2.75, 3.05) is 11.9 Å². The zero-order valence-electron chi connectivity index (χ0n) is 11.0. The summed E-state index contributed by atoms with van der Waals surface area (Å²) in [5.41, 5.74) is 1.06. The Labute approximate surface area is 120 Å². The van der Waals surface area contributed by atoms with Crippen molar-refractivity contribution in [1.29, 1.82) is 0 Å². The number of hydrogen-bond donors (Lipinski definition) is 2. The number of nitrogens with one attached hydrogen (secondary N) is 1. The van der Waals surface area contributed by atoms with Gasteiger partial charge in [0, 0.05) is 23.9 Å². The molecule has 2 aliphatic carbocycles. The van der Waals surface area contributed by atoms with Crippen molar-refractivity contribution < 1.29 is 14.7 Å². The molecule has 20 heavy (non-hydrogen) atoms. The standard InChI is InChI=1S/C13H17N3O3S/c17-11(18)5-6-16(9-3-4-9)13(19)15-12-14-10(7-20-12)8-1-2-8/h7-9H,1-6H2,(H,17,18)(H,14,15,19). The number of nitrogens with zero attached hydrogens (tertiary/aromatic N) is 2. The van der Waals surface area contributed by atoms with Crippen LogP contribution in [0, 0.1) is 0 Å². The van der Waals surface area contributed by atoms with E-state index in [9.17, 15) is 9.59 Å². The van der Waals surface area contributed by atoms with E-state index in [0.29, 0.717) is 11.0 Å². The highest BCUT2D eigenvalue weighted by atomic mass is 32.1. The van der Waals surface area contributed by atoms with Gasteiger partial charge in [-0.15, -0.1) is 11.3 Å². The molecule has 0 unspecified atom stereocenters. The molecule has 0 aliphatic heterocycles. The number of thiazole rings is 1. The maximum absolute atomic E-state index is 12.2. The second kappa shape index (κ2) is 5.40. The molecule has 1 heterocycles. The van der Waals surface area contributed by atoms with Crippen LogP contribution in [-0.4, -0.2) is 39.6 Å². The van der Waals surface area contributed by atoms with Crippen molar-refractivity contribution in [2.45, 2.75) is 44.1 Å². The molecule has 7 heteroatoms. The number of carbonyl (C=O) groups is 2. The molecule has 0 spiro atoms. The largest absolute Gasteiger partial charge is 0.481 e. The van der Waals surface area contributed by atoms with E-state index in [0.717, 1.165) is 18.5 Å². The molecule has 2 amide bonds. The Morgan fingerprint density at radius 1 is 1.40 bits per heavy atom. The molecular weight excluding hydrogens is 278 g/mol. The van der Waals surface area contributed by atoms with Crippen LogP contribution in [0.4, 0.5) is 9.93 Å². The predicted molar refractivity (Wildman–Crippen MR) is 75.1 cm³/mol. The minimum atomic E-state index is -0.881. The number of anilines is 1. The monoisotopic (exact) mass is 295 g/mol. The number of hydrogen-bond acceptors (Lipinski definition) is 4. The van der Waals surface area contributed by atoms with Crippen LogP contribution < -0.4 is 5.32 Å². The summed E-state index contributed by atoms with van der Waals surface area (Å²) >= 11 is 1.43. The number of urea groups is 1. The first-order valence-corrected chi connectivity index (χ1v) is 7.76. The molecule has 6 nitrogen and oxygen atoms in total. The predicted octanol–water partition coefficient (Wildman–Crippen LogP) is 2.49. The molecule has 0 bridgehead atoms. The molecule has 2 saturated carbocycles. The molecule has 0 atom stereocenters. The molecule has 0 aromatic carbocycles. The summed E-state index contributed by atoms with van der Waals surface area (Å²) in [5, 5.41) is 14.1. The molecule has 2 N–H and O–H groups in total. The highest BCUT2D eigenvalue weighted by Gasteiger charge is 2.33. The summed E-state index contributed by atoms with van der Waals surface area (Å²) in [7, 11) is 0. The number of carbonyl (C=O) groups excluding carboxylic acids is 1. The van der Waals surface area contributed by atoms with Gasteiger partial charge in [-0.25, -0.2) is 9.78 Å². The number of aromatic nitrogens is 1. The Kier molecular flexibility index (Phi) is 3.60. The molecule has 2 fully saturated rings. The minimum Gasteiger partial charge on any atom is -0.481 e. The Morgan fingerprint density at radius 3 is 2.75 bits per heavy atom. The quantitative estimate of drug-likeness (QED) is 0.844. The maximum Gasteiger partial charge on any atom is 0.323 e. The Hall–Kier alpha value is -1.63. The van der Waals surface area contributed by atoms with Crippen molar-refractivity contribution in [3.8, 4) is 0 Å². The van der Waals surface area contributed by atoms with E-state index >= 15 is 0 Å². The molecule has 3 rings (SSSR count). The summed E-state index contributed by atoms with van der Waals surface area (Å²) in [6.07, 6.45) is 4.26. The van der Waals surface area contributed by atoms with Crippen molar-refractivity contribution >= 4 is 28.5 Å². The first-order valence-electron chi connectivity index (χ1n) is 6.88. The highest BCUT2D eigenvalue weighted by Crippen LogP contribution is 2.41. The van der Waals surface area contributed by atoms with Crippen LogP contribution in [0.5, 0.6) is 0 Å². The fourth-order valence-corrected chi connectivity index (χ4v) is 2.91. The van der Waals surface area contributed by atoms with Gasteiger partial charge in [0.15, 0.2) is 5.13 Å². The summed E-state index contributed by atoms with van der Waals surface area (Å²) in [4.78, 5) is 28.9. The van der Waals surface area contributed by atoms with Gasteiger partial charge in [0.05, 0.1) is 12.1 Å². The summed E-state index contributed by atoms with van der Waals surface area (Å²) in [6, 6.07) is -0.0392. The van der Waals surface area contributed by atoms with Gasteiger partial charge in [-0.2, -0.15) is 0 Å². The van der Waals surface area contributed by atoms with Crippen LogP contribution in [0.15, 0.2) is 5.38 Å². The zero-order chi connectivity index (χ0) is 14.1. The van der Waals surface area contributed by atoms with Crippen LogP contribution in [0.3, 0.4) is 0 Å². The number of carboxylic acid groups (broad SMARTS) is 1. The van der Waals surface area contributed by atoms with Crippen LogP contribution in [0.25, 0.3) is 0 Å². The average Bonchev–Trinajstić information content (AvgIpc) is 3.29. The van der Waals surface area contributed by atoms with Gasteiger partial charge in [-0.05, 0) is 25.7 Å². The number of rotatable bonds is 6. The van der Waals surface area contributed by atoms with E-state index in [1.165, 1.54) is 24.2 Å². The van der Waals surface area contributed by atoms with Gasteiger partial charge < -0.3 is 10.0 Å². The first kappa shape index (κ1) is 13.4. The SMILES string of the molecule is O=C(O)CCN(C(=O)Nc1nc(C2CC2)cs1)C1CC1. The van der Waals surface area contributed by atoms with Gasteiger partial charge in [0.2, 0.25) is 0 Å². The van der Waals surface area contributed by atoms with Crippen LogP contribution in [0.1, 0.15) is 43.7 Å². The topological polar surface area (TPSA) is 82.5 Å². The summed E-state index contributed by atoms with van der Waals surface area (Å²) in [5.74, 6) is -0.308. The van der Waals surface area contributed by atoms with E-state index < -0.39 is 5.97 Å². The van der Waals surface area contributed by atoms with Crippen molar-refractivity contribution in [1.82, 2.24) is 9.88 Å². The normalized spacial score (nSPS) is 17.8. The molecule has 108 valence electrons. The molecule has 0 radical (unpaired) electrons. The third-order valence-corrected chi connectivity index (χ3v) is 4.32. The van der Waals surface area contributed by atoms with Gasteiger partial charge in [-0.3, -0.25) is 10.1 Å². The Balaban J connectivity index is 1.58. The molecular formula is C13H17N3O3S. The zero-order valence-corrected chi connectivity index (χ0v) is 11.9. The fourth-order valence-electron chi connectivity index (χ4n) is 2.13. The van der Waals surface area contributed by atoms with Crippen LogP contribution >= 0.6 is 11.3 Å². The molecule has 1 aromatic heterocycles. The van der Waals surface area contributed by atoms with Gasteiger partial charge in [0.25, 0.3) is 0 Å². The molecule has 2 aliphatic rings. The lowest BCUT2D eigenvalue weighted by Crippen LogP contribution is -2.38. The third kappa shape index (κ3) is 3.27. The summed E-state index contributed by atoms with van der Waals surface area (Å²) in [6.45, 7) is 0.257. The van der Waals surface area contributed by atoms with Crippen molar-refractivity contribution in [3.63, 3.8) is 0 Å². The van der Waals surface area contributed by atoms with E-state index in [-0.39, 0.29) is 25.0 Å². The van der Waals surface area contributed by atoms with Crippen molar-refractivity contribution in [2.24, 2.45) is 0 Å². The second-order valence-electron chi connectivity index (χ2n) is 5.35. The maximum atomic E-state index is 12.2. The lowest BCUT2D eigenvalue weighted by Gasteiger charge is -2.21. The van der Waals surface area contributed by atoms with Gasteiger partial charge in [0.1, 0.15) is 0 Å². The van der Waals surface area contributed by atoms with E-state index in [2.05, 4.69) is 10.3 Å². The summed E-state index contributed by atoms with van der Waals surface area (Å²) < 4.78 is 0. The highest BCUT2D eigenvalue weighted by molar-refractivity contribution is 7.13. The number of carboxylic acids is 1. The van der Waals surface area contributed by atoms with Crippen LogP contribution in [0.2, 0.25) is 0 Å². The fraction of sp³-hybridized carbons (Fsp3) is 0.615. The second-order valence-corrected chi connectivity index (χ2v) is 6.21. The van der Waals surface area contributed by atoms with Crippen molar-refractivity contribution in [3.05, 3.63) is 11.1 Å². The number of aliphatic carboxylic acids is 1. The van der Waals surface area contributed by atoms with Gasteiger partial charge >= 0.3 is 12.0 Å². The Bertz CT molecular complexity index is 523. The van der Waals surface area contributed by atoms with Gasteiger partial charge in [-0.1, -0.05) is 0 Å². The smallest absolute Gasteiger partial charge is 0.323 e. The van der Waals surface area contributed by atoms with E-state index in [4.69, 9.17) is 5.11 Å². The lowest BCUT2D eigenvalue weighted by atomic mass is 10.3. The van der Waals surface area contributed by atoms with E-state index in [1.54, 1.807) is 4.90 Å². The van der Waals surface area contributed by atoms with E-state index in [1.807, 2.05) is 5.38 Å². The third-order valence-electron chi connectivity index (χ3n) is 3.55.